The van der Waals surface area contributed by atoms with Gasteiger partial charge in [-0.05, 0) is 25.2 Å². The Labute approximate surface area is 132 Å². The fourth-order valence-electron chi connectivity index (χ4n) is 1.94. The second-order valence-corrected chi connectivity index (χ2v) is 4.79. The molecule has 1 aromatic carbocycles. The summed E-state index contributed by atoms with van der Waals surface area (Å²) in [5.41, 5.74) is 1.16. The van der Waals surface area contributed by atoms with Crippen molar-refractivity contribution in [2.24, 2.45) is 0 Å². The van der Waals surface area contributed by atoms with Crippen LogP contribution in [-0.2, 0) is 6.42 Å². The molecule has 1 heterocycles. The Balaban J connectivity index is 0.000000255. The van der Waals surface area contributed by atoms with E-state index >= 15 is 0 Å². The lowest BCUT2D eigenvalue weighted by Gasteiger charge is -2.20. The fourth-order valence-corrected chi connectivity index (χ4v) is 1.94. The fraction of sp³-hybridized carbons (Fsp3) is 0.500. The number of nitrogens with one attached hydrogen (secondary N) is 1. The molecule has 0 bridgehead atoms. The summed E-state index contributed by atoms with van der Waals surface area (Å²) >= 11 is 0. The molecule has 0 spiro atoms. The zero-order valence-corrected chi connectivity index (χ0v) is 13.6. The number of benzene rings is 1. The Hall–Kier alpha value is -1.92. The Kier molecular flexibility index (Phi) is 8.86. The molecule has 2 N–H and O–H groups in total. The van der Waals surface area contributed by atoms with Gasteiger partial charge in [-0.2, -0.15) is 4.98 Å². The second-order valence-electron chi connectivity index (χ2n) is 4.79. The van der Waals surface area contributed by atoms with Crippen LogP contribution in [0.4, 0.5) is 5.69 Å². The van der Waals surface area contributed by atoms with Crippen molar-refractivity contribution in [1.82, 2.24) is 15.0 Å². The minimum Gasteiger partial charge on any atom is -0.391 e. The van der Waals surface area contributed by atoms with Crippen LogP contribution < -0.4 is 5.32 Å². The number of anilines is 1. The maximum atomic E-state index is 9.68. The highest BCUT2D eigenvalue weighted by molar-refractivity contribution is 5.41. The van der Waals surface area contributed by atoms with E-state index in [4.69, 9.17) is 4.52 Å². The number of aliphatic hydroxyl groups is 1. The normalized spacial score (nSPS) is 11.7. The second kappa shape index (κ2) is 10.8. The van der Waals surface area contributed by atoms with Gasteiger partial charge in [0, 0.05) is 19.3 Å². The van der Waals surface area contributed by atoms with Crippen molar-refractivity contribution in [3.63, 3.8) is 0 Å². The standard InChI is InChI=1S/C9H17N3O2.C7H9N/c1-3-12(4-2)6-8(13)5-9-10-7-11-14-9;1-8-7-5-3-2-4-6-7/h7-8,13H,3-6H2,1-2H3;2-6,8H,1H3. The minimum atomic E-state index is -0.435. The largest absolute Gasteiger partial charge is 0.391 e. The number of aromatic nitrogens is 2. The molecule has 0 radical (unpaired) electrons. The van der Waals surface area contributed by atoms with Gasteiger partial charge in [0.15, 0.2) is 6.33 Å². The van der Waals surface area contributed by atoms with Gasteiger partial charge in [0.1, 0.15) is 0 Å². The number of likely N-dealkylation sites (N-methyl/N-ethyl adjacent to an activating group) is 1. The summed E-state index contributed by atoms with van der Waals surface area (Å²) in [6.45, 7) is 6.68. The number of aliphatic hydroxyl groups excluding tert-OH is 1. The maximum Gasteiger partial charge on any atom is 0.229 e. The van der Waals surface area contributed by atoms with Gasteiger partial charge in [-0.25, -0.2) is 0 Å². The SMILES string of the molecule is CCN(CC)CC(O)Cc1ncno1.CNc1ccccc1. The molecule has 0 amide bonds. The Morgan fingerprint density at radius 1 is 1.23 bits per heavy atom. The Morgan fingerprint density at radius 3 is 2.36 bits per heavy atom. The summed E-state index contributed by atoms with van der Waals surface area (Å²) in [5, 5.41) is 16.2. The van der Waals surface area contributed by atoms with Gasteiger partial charge < -0.3 is 19.8 Å². The van der Waals surface area contributed by atoms with Crippen LogP contribution in [0.3, 0.4) is 0 Å². The molecule has 1 unspecified atom stereocenters. The van der Waals surface area contributed by atoms with E-state index in [1.54, 1.807) is 0 Å². The number of rotatable bonds is 7. The van der Waals surface area contributed by atoms with Gasteiger partial charge >= 0.3 is 0 Å². The molecule has 6 heteroatoms. The zero-order chi connectivity index (χ0) is 16.2. The first-order chi connectivity index (χ1) is 10.7. The molecule has 2 rings (SSSR count). The zero-order valence-electron chi connectivity index (χ0n) is 13.6. The van der Waals surface area contributed by atoms with Gasteiger partial charge in [-0.1, -0.05) is 37.2 Å². The highest BCUT2D eigenvalue weighted by Crippen LogP contribution is 2.02. The number of para-hydroxylation sites is 1. The van der Waals surface area contributed by atoms with Crippen molar-refractivity contribution in [2.75, 3.05) is 32.0 Å². The van der Waals surface area contributed by atoms with Gasteiger partial charge in [0.05, 0.1) is 12.5 Å². The van der Waals surface area contributed by atoms with E-state index in [9.17, 15) is 5.11 Å². The molecular weight excluding hydrogens is 280 g/mol. The highest BCUT2D eigenvalue weighted by Gasteiger charge is 2.12. The van der Waals surface area contributed by atoms with Crippen LogP contribution in [0.2, 0.25) is 0 Å². The molecule has 0 saturated heterocycles. The molecule has 22 heavy (non-hydrogen) atoms. The number of nitrogens with zero attached hydrogens (tertiary/aromatic N) is 3. The van der Waals surface area contributed by atoms with Crippen LogP contribution in [0.15, 0.2) is 41.2 Å². The van der Waals surface area contributed by atoms with Gasteiger partial charge in [0.25, 0.3) is 0 Å². The third kappa shape index (κ3) is 7.19. The Morgan fingerprint density at radius 2 is 1.91 bits per heavy atom. The smallest absolute Gasteiger partial charge is 0.229 e. The monoisotopic (exact) mass is 306 g/mol. The van der Waals surface area contributed by atoms with Crippen LogP contribution in [0, 0.1) is 0 Å². The third-order valence-electron chi connectivity index (χ3n) is 3.24. The van der Waals surface area contributed by atoms with Crippen molar-refractivity contribution in [1.29, 1.82) is 0 Å². The van der Waals surface area contributed by atoms with Crippen LogP contribution in [0.25, 0.3) is 0 Å². The lowest BCUT2D eigenvalue weighted by molar-refractivity contribution is 0.110. The summed E-state index contributed by atoms with van der Waals surface area (Å²) in [5.74, 6) is 0.490. The van der Waals surface area contributed by atoms with Crippen molar-refractivity contribution in [3.8, 4) is 0 Å². The van der Waals surface area contributed by atoms with Crippen molar-refractivity contribution in [2.45, 2.75) is 26.4 Å². The van der Waals surface area contributed by atoms with Gasteiger partial charge in [-0.3, -0.25) is 0 Å². The number of hydrogen-bond acceptors (Lipinski definition) is 6. The lowest BCUT2D eigenvalue weighted by Crippen LogP contribution is -2.33. The molecule has 0 saturated carbocycles. The molecule has 1 atom stereocenters. The molecule has 0 aliphatic rings. The molecule has 6 nitrogen and oxygen atoms in total. The van der Waals surface area contributed by atoms with E-state index in [0.717, 1.165) is 18.8 Å². The van der Waals surface area contributed by atoms with E-state index in [-0.39, 0.29) is 0 Å². The van der Waals surface area contributed by atoms with E-state index in [1.807, 2.05) is 37.4 Å². The minimum absolute atomic E-state index is 0.427. The topological polar surface area (TPSA) is 74.4 Å². The molecule has 122 valence electrons. The molecule has 0 aliphatic heterocycles. The van der Waals surface area contributed by atoms with Crippen molar-refractivity contribution < 1.29 is 9.63 Å². The first kappa shape index (κ1) is 18.1. The lowest BCUT2D eigenvalue weighted by atomic mass is 10.2. The van der Waals surface area contributed by atoms with Crippen molar-refractivity contribution >= 4 is 5.69 Å². The molecular formula is C16H26N4O2. The summed E-state index contributed by atoms with van der Waals surface area (Å²) < 4.78 is 4.81. The predicted molar refractivity (Wildman–Crippen MR) is 87.8 cm³/mol. The summed E-state index contributed by atoms with van der Waals surface area (Å²) in [6.07, 6.45) is 1.34. The highest BCUT2D eigenvalue weighted by atomic mass is 16.5. The van der Waals surface area contributed by atoms with Crippen molar-refractivity contribution in [3.05, 3.63) is 42.5 Å². The Bertz CT molecular complexity index is 472. The molecule has 1 aromatic heterocycles. The average molecular weight is 306 g/mol. The summed E-state index contributed by atoms with van der Waals surface area (Å²) in [7, 11) is 1.91. The third-order valence-corrected chi connectivity index (χ3v) is 3.24. The molecule has 0 aliphatic carbocycles. The van der Waals surface area contributed by atoms with E-state index in [0.29, 0.717) is 18.9 Å². The van der Waals surface area contributed by atoms with Crippen LogP contribution in [0.1, 0.15) is 19.7 Å². The maximum absolute atomic E-state index is 9.68. The number of hydrogen-bond donors (Lipinski definition) is 2. The molecule has 2 aromatic rings. The van der Waals surface area contributed by atoms with E-state index < -0.39 is 6.10 Å². The first-order valence-corrected chi connectivity index (χ1v) is 7.58. The van der Waals surface area contributed by atoms with Gasteiger partial charge in [-0.15, -0.1) is 0 Å². The van der Waals surface area contributed by atoms with Crippen LogP contribution in [-0.4, -0.2) is 52.9 Å². The van der Waals surface area contributed by atoms with E-state index in [2.05, 4.69) is 34.2 Å². The average Bonchev–Trinajstić information content (AvgIpc) is 3.06. The summed E-state index contributed by atoms with van der Waals surface area (Å²) in [4.78, 5) is 6.01. The van der Waals surface area contributed by atoms with Gasteiger partial charge in [0.2, 0.25) is 5.89 Å². The molecule has 0 fully saturated rings. The van der Waals surface area contributed by atoms with Crippen LogP contribution >= 0.6 is 0 Å². The predicted octanol–water partition coefficient (Wildman–Crippen LogP) is 2.04. The summed E-state index contributed by atoms with van der Waals surface area (Å²) in [6, 6.07) is 10.1. The first-order valence-electron chi connectivity index (χ1n) is 7.58. The quantitative estimate of drug-likeness (QED) is 0.815. The van der Waals surface area contributed by atoms with E-state index in [1.165, 1.54) is 6.33 Å². The van der Waals surface area contributed by atoms with Crippen LogP contribution in [0.5, 0.6) is 0 Å².